The molecule has 3 aromatic rings. The van der Waals surface area contributed by atoms with Crippen molar-refractivity contribution in [3.63, 3.8) is 0 Å². The van der Waals surface area contributed by atoms with Gasteiger partial charge in [0.1, 0.15) is 5.75 Å². The molecular weight excluding hydrogens is 569 g/mol. The molecule has 0 saturated carbocycles. The first-order valence-electron chi connectivity index (χ1n) is 9.17. The van der Waals surface area contributed by atoms with E-state index in [4.69, 9.17) is 33.6 Å². The Morgan fingerprint density at radius 1 is 0.882 bits per heavy atom. The third-order valence-corrected chi connectivity index (χ3v) is 5.05. The SMILES string of the molecule is C/C(=N\SOOOc1ccccc1)c1ccc(/C(C)=N/S(=O)(=O)Oc2ccccc2)[n-]1.[Cl][Fe+][Cl]. The fraction of sp³-hybridized carbons (Fsp3) is 0.100. The monoisotopic (exact) mass is 586 g/mol. The average molecular weight is 587 g/mol. The number of benzene rings is 2. The Balaban J connectivity index is 0.00000129. The Labute approximate surface area is 216 Å². The normalized spacial score (nSPS) is 12.0. The van der Waals surface area contributed by atoms with Crippen LogP contribution in [0.3, 0.4) is 0 Å². The van der Waals surface area contributed by atoms with Crippen molar-refractivity contribution in [3.8, 4) is 11.5 Å². The van der Waals surface area contributed by atoms with Crippen LogP contribution < -0.4 is 14.1 Å². The van der Waals surface area contributed by atoms with Gasteiger partial charge in [-0.3, -0.25) is 0 Å². The number of halogens is 2. The van der Waals surface area contributed by atoms with Crippen LogP contribution in [-0.4, -0.2) is 19.8 Å². The Morgan fingerprint density at radius 3 is 2.00 bits per heavy atom. The van der Waals surface area contributed by atoms with Crippen molar-refractivity contribution >= 4 is 54.2 Å². The predicted octanol–water partition coefficient (Wildman–Crippen LogP) is 5.47. The zero-order chi connectivity index (χ0) is 24.8. The van der Waals surface area contributed by atoms with E-state index >= 15 is 0 Å². The zero-order valence-electron chi connectivity index (χ0n) is 17.6. The van der Waals surface area contributed by atoms with Crippen molar-refractivity contribution in [2.45, 2.75) is 13.8 Å². The molecule has 0 amide bonds. The average Bonchev–Trinajstić information content (AvgIpc) is 3.31. The Bertz CT molecular complexity index is 1180. The number of para-hydroxylation sites is 2. The van der Waals surface area contributed by atoms with Crippen LogP contribution in [0.15, 0.2) is 81.6 Å². The van der Waals surface area contributed by atoms with Crippen LogP contribution in [0.1, 0.15) is 25.2 Å². The van der Waals surface area contributed by atoms with Gasteiger partial charge >= 0.3 is 43.6 Å². The summed E-state index contributed by atoms with van der Waals surface area (Å²) in [5.41, 5.74) is 1.60. The summed E-state index contributed by atoms with van der Waals surface area (Å²) in [4.78, 5) is 9.23. The summed E-state index contributed by atoms with van der Waals surface area (Å²) in [6.07, 6.45) is 0. The van der Waals surface area contributed by atoms with Crippen molar-refractivity contribution in [2.75, 3.05) is 0 Å². The summed E-state index contributed by atoms with van der Waals surface area (Å²) in [5, 5.41) is 4.59. The molecule has 0 spiro atoms. The summed E-state index contributed by atoms with van der Waals surface area (Å²) >= 11 is 0.853. The maximum atomic E-state index is 12.1. The van der Waals surface area contributed by atoms with E-state index in [0.29, 0.717) is 35.1 Å². The van der Waals surface area contributed by atoms with Gasteiger partial charge in [-0.1, -0.05) is 52.9 Å². The molecule has 2 aromatic carbocycles. The first-order valence-corrected chi connectivity index (χ1v) is 14.3. The predicted molar refractivity (Wildman–Crippen MR) is 129 cm³/mol. The molecule has 34 heavy (non-hydrogen) atoms. The van der Waals surface area contributed by atoms with Crippen LogP contribution in [0.5, 0.6) is 11.5 Å². The first kappa shape index (κ1) is 28.2. The molecule has 1 aromatic heterocycles. The van der Waals surface area contributed by atoms with Gasteiger partial charge in [-0.2, -0.15) is 12.8 Å². The molecule has 0 radical (unpaired) electrons. The number of nitrogens with zero attached hydrogens (tertiary/aromatic N) is 3. The zero-order valence-corrected chi connectivity index (χ0v) is 21.9. The molecule has 14 heteroatoms. The Kier molecular flexibility index (Phi) is 12.5. The number of aromatic nitrogens is 1. The van der Waals surface area contributed by atoms with Gasteiger partial charge in [0.15, 0.2) is 18.0 Å². The van der Waals surface area contributed by atoms with E-state index < -0.39 is 10.3 Å². The van der Waals surface area contributed by atoms with Crippen molar-refractivity contribution in [1.29, 1.82) is 0 Å². The molecule has 183 valence electrons. The second-order valence-electron chi connectivity index (χ2n) is 6.05. The van der Waals surface area contributed by atoms with Crippen molar-refractivity contribution in [1.82, 2.24) is 4.98 Å². The van der Waals surface area contributed by atoms with Gasteiger partial charge in [0, 0.05) is 16.5 Å². The molecule has 0 aliphatic rings. The molecule has 0 unspecified atom stereocenters. The van der Waals surface area contributed by atoms with E-state index in [0.717, 1.165) is 0 Å². The van der Waals surface area contributed by atoms with Crippen LogP contribution in [-0.2, 0) is 32.8 Å². The van der Waals surface area contributed by atoms with Crippen molar-refractivity contribution in [2.24, 2.45) is 8.80 Å². The minimum atomic E-state index is -4.17. The molecule has 1 heterocycles. The molecule has 0 N–H and O–H groups in total. The Hall–Kier alpha value is -2.02. The maximum absolute atomic E-state index is 12.1. The van der Waals surface area contributed by atoms with Crippen molar-refractivity contribution in [3.05, 3.63) is 84.2 Å². The van der Waals surface area contributed by atoms with Gasteiger partial charge in [0.25, 0.3) is 0 Å². The summed E-state index contributed by atoms with van der Waals surface area (Å²) in [5.74, 6) is 0.653. The number of hydrogen-bond donors (Lipinski definition) is 0. The third kappa shape index (κ3) is 10.5. The molecule has 3 rings (SSSR count). The van der Waals surface area contributed by atoms with Crippen LogP contribution in [0, 0.1) is 0 Å². The minimum absolute atomic E-state index is 0.175. The van der Waals surface area contributed by atoms with Gasteiger partial charge in [-0.25, -0.2) is 0 Å². The van der Waals surface area contributed by atoms with E-state index in [1.54, 1.807) is 61.5 Å². The Morgan fingerprint density at radius 2 is 1.41 bits per heavy atom. The van der Waals surface area contributed by atoms with Crippen LogP contribution in [0.2, 0.25) is 0 Å². The standard InChI is InChI=1S/C20H18N3O6S2.2ClH.Fe/c1-15(22-30-29-28-26-17-9-5-3-6-10-17)19-13-14-20(21-19)16(2)23-31(24,25)27-18-11-7-4-8-12-18;;;/h3-14H,1-2H3;2*1H;/q-1;;;+3/p-2/b22-15+,23-16+;;;. The molecule has 0 atom stereocenters. The molecule has 0 bridgehead atoms. The van der Waals surface area contributed by atoms with Crippen LogP contribution in [0.4, 0.5) is 0 Å². The van der Waals surface area contributed by atoms with E-state index in [2.05, 4.69) is 18.8 Å². The summed E-state index contributed by atoms with van der Waals surface area (Å²) < 4.78 is 41.7. The summed E-state index contributed by atoms with van der Waals surface area (Å²) in [6, 6.07) is 20.3. The van der Waals surface area contributed by atoms with Gasteiger partial charge < -0.3 is 14.1 Å². The molecule has 0 aliphatic heterocycles. The van der Waals surface area contributed by atoms with Gasteiger partial charge in [-0.05, 0) is 38.1 Å². The summed E-state index contributed by atoms with van der Waals surface area (Å²) in [6.45, 7) is 3.24. The van der Waals surface area contributed by atoms with Crippen LogP contribution in [0.25, 0.3) is 0 Å². The molecule has 0 saturated heterocycles. The van der Waals surface area contributed by atoms with Gasteiger partial charge in [-0.15, -0.1) is 15.8 Å². The second-order valence-corrected chi connectivity index (χ2v) is 9.55. The molecule has 0 fully saturated rings. The fourth-order valence-corrected chi connectivity index (χ4v) is 3.36. The second kappa shape index (κ2) is 15.1. The van der Waals surface area contributed by atoms with E-state index in [-0.39, 0.29) is 24.6 Å². The van der Waals surface area contributed by atoms with E-state index in [1.165, 1.54) is 19.1 Å². The van der Waals surface area contributed by atoms with Gasteiger partial charge in [0.05, 0.1) is 0 Å². The summed E-state index contributed by atoms with van der Waals surface area (Å²) in [7, 11) is 5.35. The molecular formula is C20H18Cl2FeN3O6S2. The first-order chi connectivity index (χ1) is 16.3. The van der Waals surface area contributed by atoms with Crippen LogP contribution >= 0.6 is 32.4 Å². The van der Waals surface area contributed by atoms with Gasteiger partial charge in [0.2, 0.25) is 0 Å². The number of rotatable bonds is 10. The quantitative estimate of drug-likeness (QED) is 0.0585. The fourth-order valence-electron chi connectivity index (χ4n) is 2.26. The van der Waals surface area contributed by atoms with Crippen molar-refractivity contribution < 1.29 is 40.0 Å². The topological polar surface area (TPSA) is 110 Å². The van der Waals surface area contributed by atoms with E-state index in [1.807, 2.05) is 6.07 Å². The third-order valence-electron chi connectivity index (χ3n) is 3.68. The molecule has 9 nitrogen and oxygen atoms in total. The molecule has 0 aliphatic carbocycles. The van der Waals surface area contributed by atoms with E-state index in [9.17, 15) is 8.42 Å². The number of hydrogen-bond acceptors (Lipinski definition) is 8.